The molecule has 0 aromatic rings. The Hall–Kier alpha value is -0.880. The molecule has 5 nitrogen and oxygen atoms in total. The molecule has 0 heterocycles. The molecular formula is C7H13BrN2O3. The van der Waals surface area contributed by atoms with Gasteiger partial charge < -0.3 is 16.6 Å². The molecule has 0 aliphatic carbocycles. The van der Waals surface area contributed by atoms with Gasteiger partial charge in [-0.05, 0) is 13.0 Å². The highest BCUT2D eigenvalue weighted by Gasteiger charge is 1.86. The number of hydrogen-bond acceptors (Lipinski definition) is 3. The zero-order chi connectivity index (χ0) is 10.7. The Morgan fingerprint density at radius 2 is 1.92 bits per heavy atom. The average molecular weight is 253 g/mol. The van der Waals surface area contributed by atoms with Crippen molar-refractivity contribution >= 4 is 27.8 Å². The van der Waals surface area contributed by atoms with E-state index in [1.54, 1.807) is 0 Å². The van der Waals surface area contributed by atoms with Crippen LogP contribution in [0.4, 0.5) is 0 Å². The first-order valence-electron chi connectivity index (χ1n) is 3.51. The van der Waals surface area contributed by atoms with Crippen LogP contribution >= 0.6 is 15.9 Å². The number of carbonyl (C=O) groups is 2. The van der Waals surface area contributed by atoms with Crippen molar-refractivity contribution in [2.24, 2.45) is 11.5 Å². The highest BCUT2D eigenvalue weighted by atomic mass is 79.9. The van der Waals surface area contributed by atoms with Gasteiger partial charge in [0, 0.05) is 17.5 Å². The normalized spacial score (nSPS) is 9.08. The van der Waals surface area contributed by atoms with Crippen molar-refractivity contribution in [1.29, 1.82) is 0 Å². The number of primary amides is 1. The summed E-state index contributed by atoms with van der Waals surface area (Å²) in [5.41, 5.74) is 9.66. The molecule has 0 atom stereocenters. The van der Waals surface area contributed by atoms with E-state index in [1.165, 1.54) is 0 Å². The Kier molecular flexibility index (Phi) is 12.5. The largest absolute Gasteiger partial charge is 0.478 e. The lowest BCUT2D eigenvalue weighted by molar-refractivity contribution is -0.131. The minimum Gasteiger partial charge on any atom is -0.478 e. The summed E-state index contributed by atoms with van der Waals surface area (Å²) < 4.78 is 0. The van der Waals surface area contributed by atoms with Gasteiger partial charge in [-0.15, -0.1) is 0 Å². The predicted molar refractivity (Wildman–Crippen MR) is 53.4 cm³/mol. The zero-order valence-corrected chi connectivity index (χ0v) is 8.66. The van der Waals surface area contributed by atoms with E-state index in [0.29, 0.717) is 6.08 Å². The summed E-state index contributed by atoms with van der Waals surface area (Å²) in [5, 5.41) is 8.90. The number of hydrogen-bond donors (Lipinski definition) is 3. The molecule has 13 heavy (non-hydrogen) atoms. The van der Waals surface area contributed by atoms with Gasteiger partial charge in [0.1, 0.15) is 0 Å². The Labute approximate surface area is 84.9 Å². The van der Waals surface area contributed by atoms with Gasteiger partial charge in [-0.1, -0.05) is 15.9 Å². The summed E-state index contributed by atoms with van der Waals surface area (Å²) in [4.78, 5) is 19.4. The molecule has 5 N–H and O–H groups in total. The first-order valence-corrected chi connectivity index (χ1v) is 4.63. The molecule has 1 amide bonds. The van der Waals surface area contributed by atoms with Gasteiger partial charge in [0.15, 0.2) is 0 Å². The minimum absolute atomic E-state index is 0.683. The standard InChI is InChI=1S/C4H5NO3.C3H8BrN/c5-3(6)1-2-4(7)8;4-2-1-3-5/h1-2H,(H2,5,6)(H,7,8);1-3,5H2/b2-1-;. The maximum absolute atomic E-state index is 9.78. The Balaban J connectivity index is 0. The first-order chi connectivity index (χ1) is 6.04. The van der Waals surface area contributed by atoms with Crippen LogP contribution in [0.2, 0.25) is 0 Å². The van der Waals surface area contributed by atoms with Gasteiger partial charge in [0.25, 0.3) is 0 Å². The number of carbonyl (C=O) groups excluding carboxylic acids is 1. The van der Waals surface area contributed by atoms with E-state index in [9.17, 15) is 9.59 Å². The number of amides is 1. The van der Waals surface area contributed by atoms with Gasteiger partial charge in [-0.25, -0.2) is 4.79 Å². The second-order valence-corrected chi connectivity index (χ2v) is 2.70. The lowest BCUT2D eigenvalue weighted by Crippen LogP contribution is -2.06. The molecule has 0 fully saturated rings. The molecule has 0 bridgehead atoms. The van der Waals surface area contributed by atoms with E-state index in [2.05, 4.69) is 21.7 Å². The van der Waals surface area contributed by atoms with E-state index < -0.39 is 11.9 Å². The number of halogens is 1. The Bertz CT molecular complexity index is 165. The number of rotatable bonds is 4. The summed E-state index contributed by atoms with van der Waals surface area (Å²) in [6.45, 7) is 0.797. The van der Waals surface area contributed by atoms with Crippen molar-refractivity contribution in [1.82, 2.24) is 0 Å². The third-order valence-corrected chi connectivity index (χ3v) is 1.29. The van der Waals surface area contributed by atoms with Gasteiger partial charge in [-0.2, -0.15) is 0 Å². The smallest absolute Gasteiger partial charge is 0.328 e. The number of aliphatic carboxylic acids is 1. The van der Waals surface area contributed by atoms with Crippen LogP contribution < -0.4 is 11.5 Å². The maximum atomic E-state index is 9.78. The highest BCUT2D eigenvalue weighted by Crippen LogP contribution is 1.80. The fourth-order valence-electron chi connectivity index (χ4n) is 0.231. The number of alkyl halides is 1. The zero-order valence-electron chi connectivity index (χ0n) is 7.07. The first kappa shape index (κ1) is 14.6. The Morgan fingerprint density at radius 3 is 2.00 bits per heavy atom. The molecule has 0 saturated heterocycles. The van der Waals surface area contributed by atoms with Crippen LogP contribution in [-0.4, -0.2) is 28.9 Å². The van der Waals surface area contributed by atoms with Crippen LogP contribution in [-0.2, 0) is 9.59 Å². The average Bonchev–Trinajstić information content (AvgIpc) is 2.03. The molecule has 76 valence electrons. The van der Waals surface area contributed by atoms with Gasteiger partial charge in [0.05, 0.1) is 0 Å². The van der Waals surface area contributed by atoms with E-state index in [0.717, 1.165) is 24.4 Å². The van der Waals surface area contributed by atoms with Crippen molar-refractivity contribution < 1.29 is 14.7 Å². The topological polar surface area (TPSA) is 106 Å². The van der Waals surface area contributed by atoms with E-state index >= 15 is 0 Å². The predicted octanol–water partition coefficient (Wildman–Crippen LogP) is -0.157. The lowest BCUT2D eigenvalue weighted by atomic mass is 10.5. The maximum Gasteiger partial charge on any atom is 0.328 e. The molecule has 0 saturated carbocycles. The van der Waals surface area contributed by atoms with Crippen molar-refractivity contribution in [3.63, 3.8) is 0 Å². The number of carboxylic acids is 1. The summed E-state index contributed by atoms with van der Waals surface area (Å²) >= 11 is 3.23. The summed E-state index contributed by atoms with van der Waals surface area (Å²) in [5.74, 6) is -1.93. The molecule has 0 aliphatic rings. The molecule has 0 aliphatic heterocycles. The number of carboxylic acid groups (broad SMARTS) is 1. The van der Waals surface area contributed by atoms with Crippen molar-refractivity contribution in [2.45, 2.75) is 6.42 Å². The third-order valence-electron chi connectivity index (χ3n) is 0.728. The second-order valence-electron chi connectivity index (χ2n) is 1.91. The monoisotopic (exact) mass is 252 g/mol. The van der Waals surface area contributed by atoms with Crippen LogP contribution in [0.25, 0.3) is 0 Å². The molecule has 6 heteroatoms. The SMILES string of the molecule is NC(=O)/C=C\C(=O)O.NCCCBr. The molecule has 0 rings (SSSR count). The second kappa shape index (κ2) is 11.1. The minimum atomic E-state index is -1.18. The van der Waals surface area contributed by atoms with E-state index in [4.69, 9.17) is 10.8 Å². The summed E-state index contributed by atoms with van der Waals surface area (Å²) in [7, 11) is 0. The van der Waals surface area contributed by atoms with Gasteiger partial charge in [-0.3, -0.25) is 4.79 Å². The van der Waals surface area contributed by atoms with Crippen LogP contribution in [0.15, 0.2) is 12.2 Å². The molecule has 0 unspecified atom stereocenters. The molecule has 0 aromatic heterocycles. The van der Waals surface area contributed by atoms with E-state index in [1.807, 2.05) is 0 Å². The Morgan fingerprint density at radius 1 is 1.38 bits per heavy atom. The lowest BCUT2D eigenvalue weighted by Gasteiger charge is -1.78. The van der Waals surface area contributed by atoms with Crippen LogP contribution in [0.5, 0.6) is 0 Å². The molecule has 0 spiro atoms. The fraction of sp³-hybridized carbons (Fsp3) is 0.429. The molecule has 0 aromatic carbocycles. The van der Waals surface area contributed by atoms with Crippen LogP contribution in [0.3, 0.4) is 0 Å². The van der Waals surface area contributed by atoms with Gasteiger partial charge in [0.2, 0.25) is 5.91 Å². The van der Waals surface area contributed by atoms with Gasteiger partial charge >= 0.3 is 5.97 Å². The summed E-state index contributed by atoms with van der Waals surface area (Å²) in [6.07, 6.45) is 2.55. The number of nitrogens with two attached hydrogens (primary N) is 2. The summed E-state index contributed by atoms with van der Waals surface area (Å²) in [6, 6.07) is 0. The van der Waals surface area contributed by atoms with Crippen LogP contribution in [0.1, 0.15) is 6.42 Å². The van der Waals surface area contributed by atoms with Crippen molar-refractivity contribution in [3.05, 3.63) is 12.2 Å². The van der Waals surface area contributed by atoms with Crippen LogP contribution in [0, 0.1) is 0 Å². The van der Waals surface area contributed by atoms with Crippen molar-refractivity contribution in [2.75, 3.05) is 11.9 Å². The molecular weight excluding hydrogens is 240 g/mol. The highest BCUT2D eigenvalue weighted by molar-refractivity contribution is 9.09. The van der Waals surface area contributed by atoms with Crippen molar-refractivity contribution in [3.8, 4) is 0 Å². The fourth-order valence-corrected chi connectivity index (χ4v) is 0.554. The quantitative estimate of drug-likeness (QED) is 0.478. The molecule has 0 radical (unpaired) electrons. The van der Waals surface area contributed by atoms with E-state index in [-0.39, 0.29) is 0 Å². The third kappa shape index (κ3) is 24.7.